The normalized spacial score (nSPS) is 13.4. The maximum Gasteiger partial charge on any atom is 0.156 e. The second-order valence-corrected chi connectivity index (χ2v) is 13.6. The molecule has 0 fully saturated rings. The quantitative estimate of drug-likeness (QED) is 0.185. The molecule has 2 aliphatic heterocycles. The van der Waals surface area contributed by atoms with Crippen LogP contribution in [0.4, 0.5) is 17.1 Å². The van der Waals surface area contributed by atoms with Gasteiger partial charge in [-0.3, -0.25) is 0 Å². The van der Waals surface area contributed by atoms with E-state index in [0.717, 1.165) is 89.8 Å². The maximum atomic E-state index is 7.11. The standard InChI is InChI=1S/C49H31NO3/c1-2-13-32(14-3-1)33-25-27-34(28-26-33)50(35-29-30-37-36-15-4-8-21-43(36)51-47(37)31-35)42-20-12-19-41-48(42)53-46-24-11-7-18-40(46)49(41)38-16-5-9-22-44(38)52-45-23-10-6-17-39(45)49/h1-31H. The number of rotatable bonds is 4. The first-order valence-electron chi connectivity index (χ1n) is 17.9. The van der Waals surface area contributed by atoms with E-state index in [1.807, 2.05) is 36.4 Å². The van der Waals surface area contributed by atoms with Crippen molar-refractivity contribution in [1.82, 2.24) is 0 Å². The van der Waals surface area contributed by atoms with Gasteiger partial charge in [-0.15, -0.1) is 0 Å². The molecule has 0 saturated heterocycles. The smallest absolute Gasteiger partial charge is 0.156 e. The van der Waals surface area contributed by atoms with Crippen LogP contribution in [0.15, 0.2) is 192 Å². The summed E-state index contributed by atoms with van der Waals surface area (Å²) in [5.41, 5.74) is 10.5. The highest BCUT2D eigenvalue weighted by molar-refractivity contribution is 6.06. The Morgan fingerprint density at radius 2 is 0.925 bits per heavy atom. The minimum Gasteiger partial charge on any atom is -0.457 e. The van der Waals surface area contributed by atoms with Gasteiger partial charge >= 0.3 is 0 Å². The summed E-state index contributed by atoms with van der Waals surface area (Å²) in [4.78, 5) is 2.29. The van der Waals surface area contributed by atoms with Gasteiger partial charge in [0.1, 0.15) is 28.4 Å². The molecule has 0 unspecified atom stereocenters. The van der Waals surface area contributed by atoms with E-state index in [2.05, 4.69) is 157 Å². The molecule has 11 rings (SSSR count). The minimum absolute atomic E-state index is 0.697. The molecular formula is C49H31NO3. The summed E-state index contributed by atoms with van der Waals surface area (Å²) in [5, 5.41) is 2.18. The molecule has 0 amide bonds. The van der Waals surface area contributed by atoms with Crippen molar-refractivity contribution in [3.05, 3.63) is 210 Å². The Balaban J connectivity index is 1.19. The van der Waals surface area contributed by atoms with Crippen molar-refractivity contribution >= 4 is 39.0 Å². The van der Waals surface area contributed by atoms with Crippen LogP contribution in [0.1, 0.15) is 22.3 Å². The van der Waals surface area contributed by atoms with Crippen LogP contribution in [-0.4, -0.2) is 0 Å². The van der Waals surface area contributed by atoms with Gasteiger partial charge in [0.25, 0.3) is 0 Å². The first-order chi connectivity index (χ1) is 26.3. The lowest BCUT2D eigenvalue weighted by Crippen LogP contribution is -2.37. The van der Waals surface area contributed by atoms with Crippen LogP contribution >= 0.6 is 0 Å². The van der Waals surface area contributed by atoms with Crippen LogP contribution < -0.4 is 14.4 Å². The lowest BCUT2D eigenvalue weighted by atomic mass is 9.62. The zero-order chi connectivity index (χ0) is 34.9. The van der Waals surface area contributed by atoms with Crippen LogP contribution in [0.2, 0.25) is 0 Å². The first-order valence-corrected chi connectivity index (χ1v) is 17.9. The molecule has 0 N–H and O–H groups in total. The number of fused-ring (bicyclic) bond motifs is 11. The van der Waals surface area contributed by atoms with E-state index in [1.165, 1.54) is 5.56 Å². The number of hydrogen-bond donors (Lipinski definition) is 0. The molecule has 2 aliphatic rings. The number of benzene rings is 8. The van der Waals surface area contributed by atoms with Crippen LogP contribution in [0.3, 0.4) is 0 Å². The topological polar surface area (TPSA) is 34.8 Å². The van der Waals surface area contributed by atoms with Crippen molar-refractivity contribution in [2.75, 3.05) is 4.90 Å². The van der Waals surface area contributed by atoms with E-state index < -0.39 is 5.41 Å². The number of nitrogens with zero attached hydrogens (tertiary/aromatic N) is 1. The van der Waals surface area contributed by atoms with E-state index in [1.54, 1.807) is 0 Å². The predicted molar refractivity (Wildman–Crippen MR) is 212 cm³/mol. The Bertz CT molecular complexity index is 2790. The summed E-state index contributed by atoms with van der Waals surface area (Å²) < 4.78 is 20.2. The molecule has 0 saturated carbocycles. The van der Waals surface area contributed by atoms with Gasteiger partial charge in [0.05, 0.1) is 16.8 Å². The molecule has 0 aliphatic carbocycles. The lowest BCUT2D eigenvalue weighted by Gasteiger charge is -2.45. The van der Waals surface area contributed by atoms with Gasteiger partial charge in [-0.1, -0.05) is 127 Å². The molecule has 8 aromatic carbocycles. The fourth-order valence-corrected chi connectivity index (χ4v) is 8.51. The van der Waals surface area contributed by atoms with Gasteiger partial charge in [-0.2, -0.15) is 0 Å². The number of furan rings is 1. The zero-order valence-corrected chi connectivity index (χ0v) is 28.6. The van der Waals surface area contributed by atoms with E-state index >= 15 is 0 Å². The Morgan fingerprint density at radius 3 is 1.64 bits per heavy atom. The fraction of sp³-hybridized carbons (Fsp3) is 0.0204. The van der Waals surface area contributed by atoms with Crippen molar-refractivity contribution in [3.63, 3.8) is 0 Å². The molecule has 0 radical (unpaired) electrons. The van der Waals surface area contributed by atoms with E-state index in [9.17, 15) is 0 Å². The van der Waals surface area contributed by atoms with Crippen molar-refractivity contribution in [1.29, 1.82) is 0 Å². The van der Waals surface area contributed by atoms with E-state index in [4.69, 9.17) is 13.9 Å². The largest absolute Gasteiger partial charge is 0.457 e. The van der Waals surface area contributed by atoms with Crippen LogP contribution in [0.25, 0.3) is 33.1 Å². The van der Waals surface area contributed by atoms with Crippen molar-refractivity contribution in [2.24, 2.45) is 0 Å². The van der Waals surface area contributed by atoms with E-state index in [-0.39, 0.29) is 0 Å². The number of para-hydroxylation sites is 5. The monoisotopic (exact) mass is 681 g/mol. The van der Waals surface area contributed by atoms with Crippen LogP contribution in [0.5, 0.6) is 23.0 Å². The summed E-state index contributed by atoms with van der Waals surface area (Å²) in [6.45, 7) is 0. The minimum atomic E-state index is -0.697. The average Bonchev–Trinajstić information content (AvgIpc) is 3.60. The van der Waals surface area contributed by atoms with Crippen molar-refractivity contribution < 1.29 is 13.9 Å². The number of hydrogen-bond acceptors (Lipinski definition) is 4. The fourth-order valence-electron chi connectivity index (χ4n) is 8.51. The molecule has 0 atom stereocenters. The Hall–Kier alpha value is -7.04. The van der Waals surface area contributed by atoms with Crippen molar-refractivity contribution in [3.8, 4) is 34.1 Å². The molecule has 250 valence electrons. The predicted octanol–water partition coefficient (Wildman–Crippen LogP) is 13.3. The lowest BCUT2D eigenvalue weighted by molar-refractivity contribution is 0.400. The number of anilines is 3. The Kier molecular flexibility index (Phi) is 6.43. The summed E-state index contributed by atoms with van der Waals surface area (Å²) in [6.07, 6.45) is 0. The SMILES string of the molecule is c1ccc(-c2ccc(N(c3ccc4c(c3)oc3ccccc34)c3cccc4c3Oc3ccccc3C43c4ccccc4Oc4ccccc43)cc2)cc1. The highest BCUT2D eigenvalue weighted by atomic mass is 16.5. The van der Waals surface area contributed by atoms with Gasteiger partial charge in [-0.25, -0.2) is 0 Å². The molecule has 4 heteroatoms. The summed E-state index contributed by atoms with van der Waals surface area (Å²) in [6, 6.07) is 65.7. The average molecular weight is 682 g/mol. The third-order valence-corrected chi connectivity index (χ3v) is 10.8. The molecule has 9 aromatic rings. The third-order valence-electron chi connectivity index (χ3n) is 10.8. The summed E-state index contributed by atoms with van der Waals surface area (Å²) >= 11 is 0. The molecule has 4 nitrogen and oxygen atoms in total. The van der Waals surface area contributed by atoms with Gasteiger partial charge in [-0.05, 0) is 65.7 Å². The zero-order valence-electron chi connectivity index (χ0n) is 28.6. The third kappa shape index (κ3) is 4.36. The summed E-state index contributed by atoms with van der Waals surface area (Å²) in [5.74, 6) is 3.27. The first kappa shape index (κ1) is 29.7. The molecule has 1 aromatic heterocycles. The Labute approximate surface area is 306 Å². The maximum absolute atomic E-state index is 7.11. The van der Waals surface area contributed by atoms with Gasteiger partial charge in [0.15, 0.2) is 5.75 Å². The van der Waals surface area contributed by atoms with Crippen molar-refractivity contribution in [2.45, 2.75) is 5.41 Å². The van der Waals surface area contributed by atoms with Gasteiger partial charge in [0.2, 0.25) is 0 Å². The molecule has 53 heavy (non-hydrogen) atoms. The summed E-state index contributed by atoms with van der Waals surface area (Å²) in [7, 11) is 0. The second kappa shape index (κ2) is 11.5. The molecule has 0 bridgehead atoms. The van der Waals surface area contributed by atoms with E-state index in [0.29, 0.717) is 0 Å². The Morgan fingerprint density at radius 1 is 0.377 bits per heavy atom. The second-order valence-electron chi connectivity index (χ2n) is 13.6. The molecular weight excluding hydrogens is 651 g/mol. The highest BCUT2D eigenvalue weighted by Gasteiger charge is 2.51. The van der Waals surface area contributed by atoms with Gasteiger partial charge < -0.3 is 18.8 Å². The molecule has 1 spiro atoms. The van der Waals surface area contributed by atoms with Crippen LogP contribution in [0, 0.1) is 0 Å². The van der Waals surface area contributed by atoms with Gasteiger partial charge in [0, 0.05) is 44.8 Å². The highest BCUT2D eigenvalue weighted by Crippen LogP contribution is 2.63. The number of ether oxygens (including phenoxy) is 2. The molecule has 3 heterocycles. The van der Waals surface area contributed by atoms with Crippen LogP contribution in [-0.2, 0) is 5.41 Å².